The van der Waals surface area contributed by atoms with Gasteiger partial charge in [0.05, 0.1) is 34.2 Å². The molecule has 0 fully saturated rings. The van der Waals surface area contributed by atoms with E-state index in [9.17, 15) is 10.1 Å². The van der Waals surface area contributed by atoms with Crippen LogP contribution in [0.25, 0.3) is 33.3 Å². The quantitative estimate of drug-likeness (QED) is 0.526. The van der Waals surface area contributed by atoms with Crippen LogP contribution in [-0.2, 0) is 7.05 Å². The van der Waals surface area contributed by atoms with Gasteiger partial charge in [-0.25, -0.2) is 4.39 Å². The van der Waals surface area contributed by atoms with Crippen molar-refractivity contribution in [2.24, 2.45) is 17.8 Å². The smallest absolute Gasteiger partial charge is 0.184 e. The predicted molar refractivity (Wildman–Crippen MR) is 124 cm³/mol. The van der Waals surface area contributed by atoms with E-state index in [4.69, 9.17) is 5.73 Å². The number of aromatic nitrogens is 3. The van der Waals surface area contributed by atoms with Crippen LogP contribution in [0.1, 0.15) is 27.0 Å². The molecule has 8 heteroatoms. The normalized spacial score (nSPS) is 13.1. The van der Waals surface area contributed by atoms with Crippen LogP contribution in [0.3, 0.4) is 0 Å². The van der Waals surface area contributed by atoms with Crippen LogP contribution in [0.15, 0.2) is 47.7 Å². The van der Waals surface area contributed by atoms with E-state index in [1.807, 2.05) is 19.1 Å². The molecule has 0 atom stereocenters. The molecule has 2 N–H and O–H groups in total. The molecule has 0 unspecified atom stereocenters. The zero-order chi connectivity index (χ0) is 23.3. The minimum atomic E-state index is -0.558. The number of fused-ring (bicyclic) bond motifs is 2. The Bertz CT molecular complexity index is 1540. The first-order valence-corrected chi connectivity index (χ1v) is 10.4. The molecule has 3 heterocycles. The second-order valence-corrected chi connectivity index (χ2v) is 7.98. The van der Waals surface area contributed by atoms with Gasteiger partial charge in [0.2, 0.25) is 0 Å². The van der Waals surface area contributed by atoms with Gasteiger partial charge in [0.1, 0.15) is 18.4 Å². The van der Waals surface area contributed by atoms with E-state index in [2.05, 4.69) is 21.1 Å². The lowest BCUT2D eigenvalue weighted by atomic mass is 9.90. The Morgan fingerprint density at radius 1 is 1.18 bits per heavy atom. The number of aryl methyl sites for hydroxylation is 2. The van der Waals surface area contributed by atoms with Crippen LogP contribution in [0.4, 0.5) is 4.39 Å². The Labute approximate surface area is 189 Å². The van der Waals surface area contributed by atoms with Gasteiger partial charge in [-0.2, -0.15) is 10.4 Å². The number of benzene rings is 2. The van der Waals surface area contributed by atoms with E-state index in [1.54, 1.807) is 36.3 Å². The number of pyridine rings is 1. The van der Waals surface area contributed by atoms with E-state index >= 15 is 4.39 Å². The van der Waals surface area contributed by atoms with Gasteiger partial charge < -0.3 is 5.73 Å². The minimum absolute atomic E-state index is 0.0737. The maximum atomic E-state index is 15.4. The molecule has 33 heavy (non-hydrogen) atoms. The lowest BCUT2D eigenvalue weighted by Crippen LogP contribution is -2.24. The number of ketones is 1. The zero-order valence-electron chi connectivity index (χ0n) is 18.1. The maximum absolute atomic E-state index is 15.4. The van der Waals surface area contributed by atoms with Gasteiger partial charge in [-0.05, 0) is 30.2 Å². The average Bonchev–Trinajstić information content (AvgIpc) is 3.19. The number of nitriles is 1. The molecule has 1 aliphatic heterocycles. The first kappa shape index (κ1) is 20.7. The van der Waals surface area contributed by atoms with Gasteiger partial charge in [0.15, 0.2) is 5.78 Å². The van der Waals surface area contributed by atoms with Crippen molar-refractivity contribution in [3.63, 3.8) is 0 Å². The van der Waals surface area contributed by atoms with Gasteiger partial charge in [0.25, 0.3) is 0 Å². The molecule has 1 aliphatic rings. The topological polar surface area (TPSA) is 110 Å². The molecule has 5 rings (SSSR count). The van der Waals surface area contributed by atoms with Crippen LogP contribution in [0.5, 0.6) is 0 Å². The number of aliphatic imine (C=N–C) groups is 1. The number of carbonyl (C=O) groups is 1. The Kier molecular flexibility index (Phi) is 4.84. The summed E-state index contributed by atoms with van der Waals surface area (Å²) in [5.74, 6) is -0.632. The Morgan fingerprint density at radius 3 is 2.76 bits per heavy atom. The van der Waals surface area contributed by atoms with Crippen molar-refractivity contribution in [3.8, 4) is 28.5 Å². The Morgan fingerprint density at radius 2 is 2.00 bits per heavy atom. The summed E-state index contributed by atoms with van der Waals surface area (Å²) in [6.07, 6.45) is 3.27. The van der Waals surface area contributed by atoms with Gasteiger partial charge in [-0.15, -0.1) is 0 Å². The molecular formula is C25H19FN6O. The molecule has 2 aromatic carbocycles. The molecule has 0 saturated heterocycles. The summed E-state index contributed by atoms with van der Waals surface area (Å²) in [7, 11) is 1.70. The molecular weight excluding hydrogens is 419 g/mol. The number of hydrogen-bond acceptors (Lipinski definition) is 6. The van der Waals surface area contributed by atoms with Crippen molar-refractivity contribution in [2.75, 3.05) is 13.1 Å². The molecule has 0 spiro atoms. The summed E-state index contributed by atoms with van der Waals surface area (Å²) < 4.78 is 17.0. The lowest BCUT2D eigenvalue weighted by molar-refractivity contribution is 0.1000. The molecule has 0 aliphatic carbocycles. The number of carbonyl (C=O) groups excluding carboxylic acids is 1. The molecule has 0 saturated carbocycles. The highest BCUT2D eigenvalue weighted by molar-refractivity contribution is 6.16. The van der Waals surface area contributed by atoms with Crippen molar-refractivity contribution in [3.05, 3.63) is 70.8 Å². The van der Waals surface area contributed by atoms with Crippen LogP contribution >= 0.6 is 0 Å². The summed E-state index contributed by atoms with van der Waals surface area (Å²) in [5, 5.41) is 14.9. The fraction of sp³-hybridized carbons (Fsp3) is 0.160. The van der Waals surface area contributed by atoms with Crippen molar-refractivity contribution in [1.29, 1.82) is 5.26 Å². The molecule has 0 bridgehead atoms. The predicted octanol–water partition coefficient (Wildman–Crippen LogP) is 3.57. The SMILES string of the molecule is Cc1cnc2cc(F)c(-c3c(-c4ccc5c(c4)C(CN)=NCC5=O)cnn3C)c(C#N)c2c1. The van der Waals surface area contributed by atoms with Crippen LogP contribution in [0, 0.1) is 24.1 Å². The summed E-state index contributed by atoms with van der Waals surface area (Å²) in [4.78, 5) is 20.9. The summed E-state index contributed by atoms with van der Waals surface area (Å²) in [6.45, 7) is 2.16. The molecule has 7 nitrogen and oxygen atoms in total. The largest absolute Gasteiger partial charge is 0.325 e. The van der Waals surface area contributed by atoms with Crippen molar-refractivity contribution >= 4 is 22.4 Å². The molecule has 0 amide bonds. The second-order valence-electron chi connectivity index (χ2n) is 7.98. The first-order chi connectivity index (χ1) is 15.9. The van der Waals surface area contributed by atoms with Crippen LogP contribution in [-0.4, -0.2) is 39.3 Å². The third-order valence-corrected chi connectivity index (χ3v) is 5.91. The molecule has 2 aromatic heterocycles. The van der Waals surface area contributed by atoms with Gasteiger partial charge in [-0.3, -0.25) is 19.5 Å². The average molecular weight is 438 g/mol. The Balaban J connectivity index is 1.78. The van der Waals surface area contributed by atoms with Crippen molar-refractivity contribution in [2.45, 2.75) is 6.92 Å². The highest BCUT2D eigenvalue weighted by atomic mass is 19.1. The fourth-order valence-electron chi connectivity index (χ4n) is 4.34. The molecule has 0 radical (unpaired) electrons. The van der Waals surface area contributed by atoms with E-state index in [1.165, 1.54) is 6.07 Å². The first-order valence-electron chi connectivity index (χ1n) is 10.4. The number of Topliss-reactive ketones (excluding diaryl/α,β-unsaturated/α-hetero) is 1. The maximum Gasteiger partial charge on any atom is 0.184 e. The highest BCUT2D eigenvalue weighted by Gasteiger charge is 2.25. The van der Waals surface area contributed by atoms with E-state index < -0.39 is 5.82 Å². The van der Waals surface area contributed by atoms with Crippen LogP contribution < -0.4 is 5.73 Å². The number of rotatable bonds is 3. The molecule has 4 aromatic rings. The summed E-state index contributed by atoms with van der Waals surface area (Å²) in [6, 6.07) is 10.7. The van der Waals surface area contributed by atoms with E-state index in [-0.39, 0.29) is 30.0 Å². The fourth-order valence-corrected chi connectivity index (χ4v) is 4.34. The summed E-state index contributed by atoms with van der Waals surface area (Å²) in [5.41, 5.74) is 11.2. The highest BCUT2D eigenvalue weighted by Crippen LogP contribution is 2.38. The third-order valence-electron chi connectivity index (χ3n) is 5.91. The van der Waals surface area contributed by atoms with Crippen molar-refractivity contribution in [1.82, 2.24) is 14.8 Å². The number of hydrogen-bond donors (Lipinski definition) is 1. The minimum Gasteiger partial charge on any atom is -0.325 e. The van der Waals surface area contributed by atoms with Crippen LogP contribution in [0.2, 0.25) is 0 Å². The van der Waals surface area contributed by atoms with Gasteiger partial charge in [0, 0.05) is 47.9 Å². The number of halogens is 1. The van der Waals surface area contributed by atoms with Crippen molar-refractivity contribution < 1.29 is 9.18 Å². The lowest BCUT2D eigenvalue weighted by Gasteiger charge is -2.17. The number of nitrogens with zero attached hydrogens (tertiary/aromatic N) is 5. The second kappa shape index (κ2) is 7.73. The zero-order valence-corrected chi connectivity index (χ0v) is 18.1. The third kappa shape index (κ3) is 3.22. The number of nitrogens with two attached hydrogens (primary N) is 1. The Hall–Kier alpha value is -4.22. The van der Waals surface area contributed by atoms with Gasteiger partial charge in [-0.1, -0.05) is 12.1 Å². The van der Waals surface area contributed by atoms with E-state index in [0.717, 1.165) is 11.1 Å². The van der Waals surface area contributed by atoms with E-state index in [0.29, 0.717) is 39.0 Å². The molecule has 162 valence electrons. The summed E-state index contributed by atoms with van der Waals surface area (Å²) >= 11 is 0. The standard InChI is InChI=1S/C25H19FN6O/c1-13-5-16-18(8-27)24(20(26)7-21(16)29-10-13)25-19(11-31-32(25)2)14-3-4-15-17(6-14)22(9-28)30-12-23(15)33/h3-7,10-11H,9,12,28H2,1-2H3. The monoisotopic (exact) mass is 438 g/mol. The van der Waals surface area contributed by atoms with Gasteiger partial charge >= 0.3 is 0 Å².